The SMILES string of the molecule is C[C@H](CNC(=O)c1cc(F)c(-c2cnn(C)c2)nc1NCCc1cccc(F)c1)NC(=O)[C@H](C)N. The summed E-state index contributed by atoms with van der Waals surface area (Å²) in [6, 6.07) is 6.22. The zero-order valence-corrected chi connectivity index (χ0v) is 19.8. The summed E-state index contributed by atoms with van der Waals surface area (Å²) in [4.78, 5) is 29.0. The Balaban J connectivity index is 1.79. The number of nitrogens with zero attached hydrogens (tertiary/aromatic N) is 3. The Hall–Kier alpha value is -3.86. The molecule has 0 fully saturated rings. The van der Waals surface area contributed by atoms with Gasteiger partial charge in [-0.2, -0.15) is 5.10 Å². The van der Waals surface area contributed by atoms with Crippen LogP contribution < -0.4 is 21.7 Å². The molecule has 2 aromatic heterocycles. The van der Waals surface area contributed by atoms with Crippen LogP contribution >= 0.6 is 0 Å². The first-order valence-electron chi connectivity index (χ1n) is 11.2. The van der Waals surface area contributed by atoms with Crippen molar-refractivity contribution in [2.24, 2.45) is 12.8 Å². The lowest BCUT2D eigenvalue weighted by Crippen LogP contribution is -2.47. The molecule has 0 bridgehead atoms. The number of anilines is 1. The highest BCUT2D eigenvalue weighted by molar-refractivity contribution is 5.99. The van der Waals surface area contributed by atoms with Crippen molar-refractivity contribution in [1.82, 2.24) is 25.4 Å². The molecule has 0 spiro atoms. The maximum atomic E-state index is 15.0. The average Bonchev–Trinajstić information content (AvgIpc) is 3.24. The van der Waals surface area contributed by atoms with Crippen LogP contribution in [-0.2, 0) is 18.3 Å². The molecule has 35 heavy (non-hydrogen) atoms. The first-order chi connectivity index (χ1) is 16.6. The molecule has 11 heteroatoms. The lowest BCUT2D eigenvalue weighted by molar-refractivity contribution is -0.122. The molecule has 3 aromatic rings. The lowest BCUT2D eigenvalue weighted by Gasteiger charge is -2.17. The summed E-state index contributed by atoms with van der Waals surface area (Å²) in [6.07, 6.45) is 3.55. The summed E-state index contributed by atoms with van der Waals surface area (Å²) in [5.74, 6) is -1.76. The minimum absolute atomic E-state index is 0.0000944. The summed E-state index contributed by atoms with van der Waals surface area (Å²) in [5.41, 5.74) is 6.80. The minimum Gasteiger partial charge on any atom is -0.369 e. The van der Waals surface area contributed by atoms with Crippen molar-refractivity contribution in [3.05, 3.63) is 65.5 Å². The topological polar surface area (TPSA) is 127 Å². The second-order valence-electron chi connectivity index (χ2n) is 8.33. The van der Waals surface area contributed by atoms with Gasteiger partial charge < -0.3 is 21.7 Å². The van der Waals surface area contributed by atoms with Crippen LogP contribution in [0, 0.1) is 11.6 Å². The predicted octanol–water partition coefficient (Wildman–Crippen LogP) is 2.00. The van der Waals surface area contributed by atoms with Gasteiger partial charge in [-0.15, -0.1) is 0 Å². The number of carbonyl (C=O) groups is 2. The van der Waals surface area contributed by atoms with Crippen molar-refractivity contribution in [2.75, 3.05) is 18.4 Å². The number of benzene rings is 1. The molecular formula is C24H29F2N7O2. The van der Waals surface area contributed by atoms with E-state index in [4.69, 9.17) is 5.73 Å². The molecule has 0 saturated carbocycles. The maximum Gasteiger partial charge on any atom is 0.255 e. The predicted molar refractivity (Wildman–Crippen MR) is 129 cm³/mol. The van der Waals surface area contributed by atoms with Crippen LogP contribution in [0.5, 0.6) is 0 Å². The number of hydrogen-bond donors (Lipinski definition) is 4. The van der Waals surface area contributed by atoms with E-state index in [2.05, 4.69) is 26.0 Å². The molecule has 9 nitrogen and oxygen atoms in total. The zero-order chi connectivity index (χ0) is 25.5. The number of nitrogens with one attached hydrogen (secondary N) is 3. The molecule has 5 N–H and O–H groups in total. The van der Waals surface area contributed by atoms with E-state index in [9.17, 15) is 18.4 Å². The second kappa shape index (κ2) is 11.5. The lowest BCUT2D eigenvalue weighted by atomic mass is 10.1. The van der Waals surface area contributed by atoms with Gasteiger partial charge in [-0.3, -0.25) is 14.3 Å². The monoisotopic (exact) mass is 485 g/mol. The minimum atomic E-state index is -0.683. The van der Waals surface area contributed by atoms with Crippen LogP contribution in [0.1, 0.15) is 29.8 Å². The molecule has 0 aliphatic carbocycles. The van der Waals surface area contributed by atoms with Crippen LogP contribution in [0.4, 0.5) is 14.6 Å². The molecule has 2 heterocycles. The van der Waals surface area contributed by atoms with E-state index in [1.165, 1.54) is 23.0 Å². The van der Waals surface area contributed by atoms with Crippen molar-refractivity contribution in [1.29, 1.82) is 0 Å². The van der Waals surface area contributed by atoms with E-state index >= 15 is 0 Å². The van der Waals surface area contributed by atoms with Gasteiger partial charge in [0.05, 0.1) is 17.8 Å². The van der Waals surface area contributed by atoms with Crippen LogP contribution in [0.2, 0.25) is 0 Å². The molecule has 1 aromatic carbocycles. The standard InChI is InChI=1S/C24H29F2N7O2/c1-14(31-23(34)15(2)27)11-29-24(35)19-10-20(26)21(17-12-30-33(3)13-17)32-22(19)28-8-7-16-5-4-6-18(25)9-16/h4-6,9-10,12-15H,7-8,11,27H2,1-3H3,(H,28,32)(H,29,35)(H,31,34)/t14-,15+/m1/s1. The first-order valence-corrected chi connectivity index (χ1v) is 11.2. The van der Waals surface area contributed by atoms with Gasteiger partial charge in [0.2, 0.25) is 5.91 Å². The second-order valence-corrected chi connectivity index (χ2v) is 8.33. The third-order valence-corrected chi connectivity index (χ3v) is 5.17. The molecule has 3 rings (SSSR count). The summed E-state index contributed by atoms with van der Waals surface area (Å²) >= 11 is 0. The number of halogens is 2. The van der Waals surface area contributed by atoms with E-state index in [1.807, 2.05) is 0 Å². The smallest absolute Gasteiger partial charge is 0.255 e. The fourth-order valence-corrected chi connectivity index (χ4v) is 3.33. The van der Waals surface area contributed by atoms with Gasteiger partial charge >= 0.3 is 0 Å². The molecule has 2 amide bonds. The molecular weight excluding hydrogens is 456 g/mol. The van der Waals surface area contributed by atoms with Crippen molar-refractivity contribution in [2.45, 2.75) is 32.4 Å². The van der Waals surface area contributed by atoms with Crippen LogP contribution in [0.15, 0.2) is 42.7 Å². The quantitative estimate of drug-likeness (QED) is 0.348. The first kappa shape index (κ1) is 25.8. The fourth-order valence-electron chi connectivity index (χ4n) is 3.33. The fraction of sp³-hybridized carbons (Fsp3) is 0.333. The summed E-state index contributed by atoms with van der Waals surface area (Å²) < 4.78 is 30.0. The van der Waals surface area contributed by atoms with E-state index < -0.39 is 23.8 Å². The van der Waals surface area contributed by atoms with Crippen LogP contribution in [-0.4, -0.2) is 51.8 Å². The summed E-state index contributed by atoms with van der Waals surface area (Å²) in [6.45, 7) is 3.70. The Morgan fingerprint density at radius 2 is 1.97 bits per heavy atom. The molecule has 0 aliphatic rings. The largest absolute Gasteiger partial charge is 0.369 e. The normalized spacial score (nSPS) is 12.6. The number of carbonyl (C=O) groups excluding carboxylic acids is 2. The Morgan fingerprint density at radius 3 is 2.63 bits per heavy atom. The molecule has 2 atom stereocenters. The number of nitrogens with two attached hydrogens (primary N) is 1. The van der Waals surface area contributed by atoms with Crippen LogP contribution in [0.3, 0.4) is 0 Å². The van der Waals surface area contributed by atoms with E-state index in [-0.39, 0.29) is 35.3 Å². The van der Waals surface area contributed by atoms with Crippen molar-refractivity contribution >= 4 is 17.6 Å². The van der Waals surface area contributed by atoms with Crippen molar-refractivity contribution < 1.29 is 18.4 Å². The van der Waals surface area contributed by atoms with Gasteiger partial charge in [-0.05, 0) is 44.0 Å². The third kappa shape index (κ3) is 7.06. The number of rotatable bonds is 10. The highest BCUT2D eigenvalue weighted by Crippen LogP contribution is 2.25. The maximum absolute atomic E-state index is 15.0. The van der Waals surface area contributed by atoms with E-state index in [0.717, 1.165) is 11.6 Å². The number of aromatic nitrogens is 3. The average molecular weight is 486 g/mol. The Morgan fingerprint density at radius 1 is 1.20 bits per heavy atom. The highest BCUT2D eigenvalue weighted by Gasteiger charge is 2.20. The summed E-state index contributed by atoms with van der Waals surface area (Å²) in [5, 5.41) is 12.5. The Labute approximate surface area is 202 Å². The number of aryl methyl sites for hydroxylation is 1. The van der Waals surface area contributed by atoms with Gasteiger partial charge in [0, 0.05) is 37.9 Å². The van der Waals surface area contributed by atoms with Crippen molar-refractivity contribution in [3.8, 4) is 11.3 Å². The van der Waals surface area contributed by atoms with Crippen LogP contribution in [0.25, 0.3) is 11.3 Å². The third-order valence-electron chi connectivity index (χ3n) is 5.17. The molecule has 186 valence electrons. The van der Waals surface area contributed by atoms with Gasteiger partial charge in [0.25, 0.3) is 5.91 Å². The number of amides is 2. The van der Waals surface area contributed by atoms with E-state index in [0.29, 0.717) is 18.5 Å². The van der Waals surface area contributed by atoms with Gasteiger partial charge in [0.1, 0.15) is 17.3 Å². The van der Waals surface area contributed by atoms with Gasteiger partial charge in [0.15, 0.2) is 5.82 Å². The molecule has 0 saturated heterocycles. The molecule has 0 unspecified atom stereocenters. The van der Waals surface area contributed by atoms with Crippen molar-refractivity contribution in [3.63, 3.8) is 0 Å². The van der Waals surface area contributed by atoms with Gasteiger partial charge in [-0.25, -0.2) is 13.8 Å². The Kier molecular flexibility index (Phi) is 8.48. The zero-order valence-electron chi connectivity index (χ0n) is 19.8. The Bertz CT molecular complexity index is 1200. The molecule has 0 aliphatic heterocycles. The number of pyridine rings is 1. The number of hydrogen-bond acceptors (Lipinski definition) is 6. The van der Waals surface area contributed by atoms with Gasteiger partial charge in [-0.1, -0.05) is 12.1 Å². The molecule has 0 radical (unpaired) electrons. The highest BCUT2D eigenvalue weighted by atomic mass is 19.1. The summed E-state index contributed by atoms with van der Waals surface area (Å²) in [7, 11) is 1.70. The van der Waals surface area contributed by atoms with E-state index in [1.54, 1.807) is 39.2 Å².